The highest BCUT2D eigenvalue weighted by Crippen LogP contribution is 2.34. The summed E-state index contributed by atoms with van der Waals surface area (Å²) in [6, 6.07) is 15.3. The van der Waals surface area contributed by atoms with Crippen molar-refractivity contribution >= 4 is 32.7 Å². The number of aromatic nitrogens is 1. The fraction of sp³-hybridized carbons (Fsp3) is 0.0588. The Morgan fingerprint density at radius 1 is 1.10 bits per heavy atom. The van der Waals surface area contributed by atoms with E-state index in [1.54, 1.807) is 6.07 Å². The standard InChI is InChI=1S/C17H12BrNO2/c1-21-17(20)14-9-5-4-8-13(14)16-15(18)12-7-3-2-6-11(12)10-19-16/h2-10H,1H3. The Hall–Kier alpha value is -2.20. The summed E-state index contributed by atoms with van der Waals surface area (Å²) in [5.41, 5.74) is 1.99. The third-order valence-electron chi connectivity index (χ3n) is 3.33. The van der Waals surface area contributed by atoms with Crippen LogP contribution in [-0.2, 0) is 4.74 Å². The second-order valence-corrected chi connectivity index (χ2v) is 5.34. The maximum Gasteiger partial charge on any atom is 0.338 e. The number of hydrogen-bond donors (Lipinski definition) is 0. The van der Waals surface area contributed by atoms with Crippen molar-refractivity contribution in [3.8, 4) is 11.3 Å². The van der Waals surface area contributed by atoms with E-state index in [4.69, 9.17) is 4.74 Å². The highest BCUT2D eigenvalue weighted by molar-refractivity contribution is 9.10. The molecule has 21 heavy (non-hydrogen) atoms. The van der Waals surface area contributed by atoms with Gasteiger partial charge >= 0.3 is 5.97 Å². The largest absolute Gasteiger partial charge is 0.465 e. The Bertz CT molecular complexity index is 830. The Labute approximate surface area is 130 Å². The van der Waals surface area contributed by atoms with Gasteiger partial charge in [0.05, 0.1) is 22.8 Å². The summed E-state index contributed by atoms with van der Waals surface area (Å²) in [5, 5.41) is 2.10. The fourth-order valence-corrected chi connectivity index (χ4v) is 2.97. The van der Waals surface area contributed by atoms with Gasteiger partial charge in [-0.25, -0.2) is 4.79 Å². The molecular weight excluding hydrogens is 330 g/mol. The first-order valence-corrected chi connectivity index (χ1v) is 7.22. The molecular formula is C17H12BrNO2. The van der Waals surface area contributed by atoms with Gasteiger partial charge in [0.1, 0.15) is 0 Å². The number of hydrogen-bond acceptors (Lipinski definition) is 3. The van der Waals surface area contributed by atoms with E-state index in [0.29, 0.717) is 5.56 Å². The Morgan fingerprint density at radius 2 is 1.81 bits per heavy atom. The molecule has 1 aromatic heterocycles. The third kappa shape index (κ3) is 2.43. The first-order chi connectivity index (χ1) is 10.2. The molecule has 0 atom stereocenters. The number of benzene rings is 2. The van der Waals surface area contributed by atoms with Gasteiger partial charge in [0.2, 0.25) is 0 Å². The van der Waals surface area contributed by atoms with E-state index in [9.17, 15) is 4.79 Å². The average molecular weight is 342 g/mol. The minimum Gasteiger partial charge on any atom is -0.465 e. The van der Waals surface area contributed by atoms with Crippen LogP contribution in [0.4, 0.5) is 0 Å². The van der Waals surface area contributed by atoms with Gasteiger partial charge in [-0.3, -0.25) is 4.98 Å². The van der Waals surface area contributed by atoms with Crippen molar-refractivity contribution in [3.63, 3.8) is 0 Å². The average Bonchev–Trinajstić information content (AvgIpc) is 2.55. The summed E-state index contributed by atoms with van der Waals surface area (Å²) < 4.78 is 5.72. The number of methoxy groups -OCH3 is 1. The molecule has 4 heteroatoms. The van der Waals surface area contributed by atoms with Crippen LogP contribution >= 0.6 is 15.9 Å². The summed E-state index contributed by atoms with van der Waals surface area (Å²) in [7, 11) is 1.38. The number of fused-ring (bicyclic) bond motifs is 1. The zero-order valence-corrected chi connectivity index (χ0v) is 12.9. The van der Waals surface area contributed by atoms with E-state index in [-0.39, 0.29) is 5.97 Å². The number of ether oxygens (including phenoxy) is 1. The van der Waals surface area contributed by atoms with E-state index < -0.39 is 0 Å². The molecule has 0 unspecified atom stereocenters. The van der Waals surface area contributed by atoms with Crippen molar-refractivity contribution in [2.24, 2.45) is 0 Å². The van der Waals surface area contributed by atoms with Crippen LogP contribution in [-0.4, -0.2) is 18.1 Å². The molecule has 0 bridgehead atoms. The van der Waals surface area contributed by atoms with Crippen LogP contribution < -0.4 is 0 Å². The minimum absolute atomic E-state index is 0.368. The predicted molar refractivity (Wildman–Crippen MR) is 86.2 cm³/mol. The highest BCUT2D eigenvalue weighted by atomic mass is 79.9. The lowest BCUT2D eigenvalue weighted by Crippen LogP contribution is -2.04. The Balaban J connectivity index is 2.26. The molecule has 3 rings (SSSR count). The highest BCUT2D eigenvalue weighted by Gasteiger charge is 2.16. The molecule has 0 radical (unpaired) electrons. The van der Waals surface area contributed by atoms with Gasteiger partial charge in [0, 0.05) is 17.1 Å². The molecule has 0 amide bonds. The van der Waals surface area contributed by atoms with Gasteiger partial charge < -0.3 is 4.74 Å². The number of rotatable bonds is 2. The van der Waals surface area contributed by atoms with Crippen molar-refractivity contribution < 1.29 is 9.53 Å². The molecule has 0 aliphatic heterocycles. The van der Waals surface area contributed by atoms with E-state index in [1.165, 1.54) is 7.11 Å². The van der Waals surface area contributed by atoms with Crippen LogP contribution in [0.15, 0.2) is 59.2 Å². The number of nitrogens with zero attached hydrogens (tertiary/aromatic N) is 1. The molecule has 3 aromatic rings. The van der Waals surface area contributed by atoms with Crippen LogP contribution in [0.5, 0.6) is 0 Å². The molecule has 0 aliphatic carbocycles. The monoisotopic (exact) mass is 341 g/mol. The summed E-state index contributed by atoms with van der Waals surface area (Å²) >= 11 is 3.61. The van der Waals surface area contributed by atoms with Gasteiger partial charge in [-0.15, -0.1) is 0 Å². The Kier molecular flexibility index (Phi) is 3.71. The molecule has 0 saturated heterocycles. The number of pyridine rings is 1. The summed E-state index contributed by atoms with van der Waals surface area (Å²) in [6.45, 7) is 0. The number of carbonyl (C=O) groups excluding carboxylic acids is 1. The van der Waals surface area contributed by atoms with E-state index >= 15 is 0 Å². The topological polar surface area (TPSA) is 39.2 Å². The molecule has 2 aromatic carbocycles. The van der Waals surface area contributed by atoms with Crippen molar-refractivity contribution in [1.82, 2.24) is 4.98 Å². The van der Waals surface area contributed by atoms with Crippen molar-refractivity contribution in [2.75, 3.05) is 7.11 Å². The third-order valence-corrected chi connectivity index (χ3v) is 4.13. The Morgan fingerprint density at radius 3 is 2.62 bits per heavy atom. The molecule has 0 aliphatic rings. The second-order valence-electron chi connectivity index (χ2n) is 4.55. The summed E-state index contributed by atoms with van der Waals surface area (Å²) in [4.78, 5) is 16.4. The van der Waals surface area contributed by atoms with E-state index in [1.807, 2.05) is 48.7 Å². The molecule has 0 N–H and O–H groups in total. The number of carbonyl (C=O) groups is 1. The maximum atomic E-state index is 11.9. The van der Waals surface area contributed by atoms with Gasteiger partial charge in [-0.2, -0.15) is 0 Å². The summed E-state index contributed by atoms with van der Waals surface area (Å²) in [5.74, 6) is -0.368. The zero-order valence-electron chi connectivity index (χ0n) is 11.3. The van der Waals surface area contributed by atoms with Crippen LogP contribution in [0.2, 0.25) is 0 Å². The molecule has 3 nitrogen and oxygen atoms in total. The van der Waals surface area contributed by atoms with Gasteiger partial charge in [-0.05, 0) is 27.4 Å². The second kappa shape index (κ2) is 5.66. The first kappa shape index (κ1) is 13.8. The molecule has 104 valence electrons. The van der Waals surface area contributed by atoms with Crippen molar-refractivity contribution in [3.05, 3.63) is 64.8 Å². The van der Waals surface area contributed by atoms with Crippen LogP contribution in [0, 0.1) is 0 Å². The smallest absolute Gasteiger partial charge is 0.338 e. The van der Waals surface area contributed by atoms with Gasteiger partial charge in [-0.1, -0.05) is 42.5 Å². The summed E-state index contributed by atoms with van der Waals surface area (Å²) in [6.07, 6.45) is 1.81. The fourth-order valence-electron chi connectivity index (χ4n) is 2.29. The SMILES string of the molecule is COC(=O)c1ccccc1-c1ncc2ccccc2c1Br. The molecule has 0 fully saturated rings. The molecule has 0 saturated carbocycles. The lowest BCUT2D eigenvalue weighted by molar-refractivity contribution is 0.0601. The van der Waals surface area contributed by atoms with E-state index in [0.717, 1.165) is 26.5 Å². The number of halogens is 1. The zero-order chi connectivity index (χ0) is 14.8. The first-order valence-electron chi connectivity index (χ1n) is 6.43. The normalized spacial score (nSPS) is 10.6. The van der Waals surface area contributed by atoms with Crippen molar-refractivity contribution in [1.29, 1.82) is 0 Å². The predicted octanol–water partition coefficient (Wildman–Crippen LogP) is 4.45. The quantitative estimate of drug-likeness (QED) is 0.646. The van der Waals surface area contributed by atoms with Gasteiger partial charge in [0.15, 0.2) is 0 Å². The molecule has 0 spiro atoms. The lowest BCUT2D eigenvalue weighted by atomic mass is 10.0. The lowest BCUT2D eigenvalue weighted by Gasteiger charge is -2.10. The number of esters is 1. The van der Waals surface area contributed by atoms with Crippen LogP contribution in [0.25, 0.3) is 22.0 Å². The van der Waals surface area contributed by atoms with Gasteiger partial charge in [0.25, 0.3) is 0 Å². The van der Waals surface area contributed by atoms with E-state index in [2.05, 4.69) is 20.9 Å². The minimum atomic E-state index is -0.368. The van der Waals surface area contributed by atoms with Crippen LogP contribution in [0.1, 0.15) is 10.4 Å². The van der Waals surface area contributed by atoms with Crippen LogP contribution in [0.3, 0.4) is 0 Å². The maximum absolute atomic E-state index is 11.9. The van der Waals surface area contributed by atoms with Crippen molar-refractivity contribution in [2.45, 2.75) is 0 Å². The molecule has 1 heterocycles.